The Hall–Kier alpha value is -6.52. The number of imidazole rings is 2. The van der Waals surface area contributed by atoms with Crippen molar-refractivity contribution in [1.29, 1.82) is 0 Å². The van der Waals surface area contributed by atoms with Crippen LogP contribution in [0.1, 0.15) is 75.1 Å². The second kappa shape index (κ2) is 18.8. The van der Waals surface area contributed by atoms with Gasteiger partial charge >= 0.3 is 12.2 Å². The summed E-state index contributed by atoms with van der Waals surface area (Å²) in [6, 6.07) is 23.6. The van der Waals surface area contributed by atoms with Crippen LogP contribution in [-0.4, -0.2) is 120 Å². The second-order valence-electron chi connectivity index (χ2n) is 18.0. The fourth-order valence-electron chi connectivity index (χ4n) is 10.6. The molecule has 4 saturated heterocycles. The lowest BCUT2D eigenvalue weighted by atomic mass is 9.90. The molecule has 66 heavy (non-hydrogen) atoms. The van der Waals surface area contributed by atoms with Crippen LogP contribution < -0.4 is 10.6 Å². The highest BCUT2D eigenvalue weighted by Gasteiger charge is 2.42. The number of likely N-dealkylation sites (tertiary alicyclic amines) is 2. The number of H-pyrrole nitrogens is 2. The Bertz CT molecular complexity index is 2590. The number of ether oxygens (including phenoxy) is 4. The van der Waals surface area contributed by atoms with Crippen LogP contribution in [0.3, 0.4) is 0 Å². The van der Waals surface area contributed by atoms with E-state index in [1.54, 1.807) is 0 Å². The number of fused-ring (bicyclic) bond motifs is 3. The van der Waals surface area contributed by atoms with Gasteiger partial charge in [0.25, 0.3) is 0 Å². The van der Waals surface area contributed by atoms with Crippen LogP contribution in [0.5, 0.6) is 0 Å². The highest BCUT2D eigenvalue weighted by molar-refractivity contribution is 5.93. The summed E-state index contributed by atoms with van der Waals surface area (Å²) in [6.45, 7) is 3.41. The largest absolute Gasteiger partial charge is 0.453 e. The third-order valence-corrected chi connectivity index (χ3v) is 14.1. The molecule has 4 atom stereocenters. The van der Waals surface area contributed by atoms with E-state index in [9.17, 15) is 19.2 Å². The van der Waals surface area contributed by atoms with Crippen molar-refractivity contribution in [3.8, 4) is 22.3 Å². The van der Waals surface area contributed by atoms with Crippen LogP contribution in [-0.2, 0) is 28.5 Å². The van der Waals surface area contributed by atoms with E-state index in [0.29, 0.717) is 65.2 Å². The number of alkyl carbamates (subject to hydrolysis) is 2. The molecule has 344 valence electrons. The van der Waals surface area contributed by atoms with Gasteiger partial charge < -0.3 is 49.3 Å². The van der Waals surface area contributed by atoms with Gasteiger partial charge in [0, 0.05) is 39.5 Å². The van der Waals surface area contributed by atoms with Gasteiger partial charge in [0.1, 0.15) is 23.7 Å². The van der Waals surface area contributed by atoms with Crippen LogP contribution in [0, 0.1) is 11.8 Å². The van der Waals surface area contributed by atoms with Crippen molar-refractivity contribution in [2.45, 2.75) is 75.5 Å². The van der Waals surface area contributed by atoms with Crippen LogP contribution in [0.15, 0.2) is 72.8 Å². The minimum absolute atomic E-state index is 0.0323. The smallest absolute Gasteiger partial charge is 0.407 e. The first-order valence-corrected chi connectivity index (χ1v) is 23.2. The van der Waals surface area contributed by atoms with Gasteiger partial charge in [-0.15, -0.1) is 0 Å². The van der Waals surface area contributed by atoms with Crippen LogP contribution >= 0.6 is 0 Å². The molecule has 0 spiro atoms. The van der Waals surface area contributed by atoms with Crippen molar-refractivity contribution in [2.75, 3.05) is 53.7 Å². The maximum Gasteiger partial charge on any atom is 0.407 e. The van der Waals surface area contributed by atoms with Gasteiger partial charge in [-0.05, 0) is 133 Å². The SMILES string of the molecule is COC(=O)N[C@H](C(=O)N1CCC[C@H]1c1nc2ccc(-c3ccc4cc(-c5ccc6nc([C@@H]7CCCN7C(=O)[C@@H](NC(=O)OC)C7CCOCC7)[nH]c6c5)ccc4c3)cc2[nH]1)C1CCOCC1. The molecule has 0 saturated carbocycles. The summed E-state index contributed by atoms with van der Waals surface area (Å²) >= 11 is 0. The molecule has 0 unspecified atom stereocenters. The lowest BCUT2D eigenvalue weighted by Crippen LogP contribution is -2.53. The average molecular weight is 897 g/mol. The van der Waals surface area contributed by atoms with E-state index in [1.165, 1.54) is 14.2 Å². The molecule has 0 radical (unpaired) electrons. The van der Waals surface area contributed by atoms with Gasteiger partial charge in [0.2, 0.25) is 11.8 Å². The minimum atomic E-state index is -0.690. The van der Waals surface area contributed by atoms with Crippen molar-refractivity contribution >= 4 is 56.8 Å². The third kappa shape index (κ3) is 8.66. The molecule has 4 aliphatic heterocycles. The Labute approximate surface area is 382 Å². The molecule has 16 nitrogen and oxygen atoms in total. The molecule has 10 rings (SSSR count). The minimum Gasteiger partial charge on any atom is -0.453 e. The van der Waals surface area contributed by atoms with Gasteiger partial charge in [-0.3, -0.25) is 9.59 Å². The Morgan fingerprint density at radius 1 is 0.576 bits per heavy atom. The van der Waals surface area contributed by atoms with Crippen molar-refractivity contribution in [3.63, 3.8) is 0 Å². The summed E-state index contributed by atoms with van der Waals surface area (Å²) in [5.74, 6) is 1.20. The molecule has 4 aromatic carbocycles. The van der Waals surface area contributed by atoms with Gasteiger partial charge in [0.15, 0.2) is 0 Å². The zero-order valence-electron chi connectivity index (χ0n) is 37.3. The van der Waals surface area contributed by atoms with E-state index in [1.807, 2.05) is 21.9 Å². The molecule has 6 aromatic rings. The molecule has 4 aliphatic rings. The summed E-state index contributed by atoms with van der Waals surface area (Å²) in [5, 5.41) is 7.88. The molecule has 4 amide bonds. The van der Waals surface area contributed by atoms with E-state index < -0.39 is 24.3 Å². The fraction of sp³-hybridized carbons (Fsp3) is 0.440. The van der Waals surface area contributed by atoms with E-state index in [-0.39, 0.29) is 35.7 Å². The first kappa shape index (κ1) is 43.4. The van der Waals surface area contributed by atoms with Crippen molar-refractivity contribution in [2.24, 2.45) is 11.8 Å². The standard InChI is InChI=1S/C50H56N8O8/c1-63-49(61)55-43(29-15-21-65-22-16-29)47(59)57-19-3-5-41(57)45-51-37-13-11-35(27-39(37)53-45)33-9-7-32-26-34(10-8-31(32)25-33)36-12-14-38-40(28-36)54-46(52-38)42-6-4-20-58(42)48(60)44(56-50(62)64-2)30-17-23-66-24-18-30/h7-14,25-30,41-44H,3-6,15-24H2,1-2H3,(H,51,53)(H,52,54)(H,55,61)(H,56,62)/t41-,42-,43-,44-/m0/s1. The number of amides is 4. The zero-order valence-corrected chi connectivity index (χ0v) is 37.3. The zero-order chi connectivity index (χ0) is 45.3. The molecule has 4 N–H and O–H groups in total. The normalized spacial score (nSPS) is 20.5. The summed E-state index contributed by atoms with van der Waals surface area (Å²) in [5.41, 5.74) is 7.69. The van der Waals surface area contributed by atoms with Gasteiger partial charge in [-0.25, -0.2) is 19.6 Å². The predicted molar refractivity (Wildman–Crippen MR) is 247 cm³/mol. The van der Waals surface area contributed by atoms with Gasteiger partial charge in [-0.2, -0.15) is 0 Å². The number of nitrogens with zero attached hydrogens (tertiary/aromatic N) is 4. The number of methoxy groups -OCH3 is 2. The molecule has 6 heterocycles. The third-order valence-electron chi connectivity index (χ3n) is 14.1. The molecular formula is C50H56N8O8. The average Bonchev–Trinajstić information content (AvgIpc) is 4.20. The lowest BCUT2D eigenvalue weighted by Gasteiger charge is -2.34. The van der Waals surface area contributed by atoms with Gasteiger partial charge in [0.05, 0.1) is 48.4 Å². The van der Waals surface area contributed by atoms with Crippen LogP contribution in [0.4, 0.5) is 9.59 Å². The second-order valence-corrected chi connectivity index (χ2v) is 18.0. The number of nitrogens with one attached hydrogen (secondary N) is 4. The van der Waals surface area contributed by atoms with Crippen molar-refractivity contribution in [1.82, 2.24) is 40.4 Å². The van der Waals surface area contributed by atoms with Gasteiger partial charge in [-0.1, -0.05) is 36.4 Å². The summed E-state index contributed by atoms with van der Waals surface area (Å²) in [4.78, 5) is 73.6. The van der Waals surface area contributed by atoms with E-state index >= 15 is 0 Å². The first-order valence-electron chi connectivity index (χ1n) is 23.2. The summed E-state index contributed by atoms with van der Waals surface area (Å²) < 4.78 is 20.9. The Balaban J connectivity index is 0.848. The Kier molecular flexibility index (Phi) is 12.3. The Morgan fingerprint density at radius 2 is 0.970 bits per heavy atom. The molecule has 4 fully saturated rings. The van der Waals surface area contributed by atoms with Crippen molar-refractivity contribution < 1.29 is 38.1 Å². The quantitative estimate of drug-likeness (QED) is 0.107. The van der Waals surface area contributed by atoms with Crippen LogP contribution in [0.2, 0.25) is 0 Å². The number of carbonyl (C=O) groups is 4. The topological polar surface area (TPSA) is 193 Å². The number of aromatic nitrogens is 4. The first-order chi connectivity index (χ1) is 32.2. The number of hydrogen-bond donors (Lipinski definition) is 4. The Morgan fingerprint density at radius 3 is 1.38 bits per heavy atom. The monoisotopic (exact) mass is 896 g/mol. The maximum absolute atomic E-state index is 14.1. The van der Waals surface area contributed by atoms with E-state index in [0.717, 1.165) is 92.4 Å². The predicted octanol–water partition coefficient (Wildman–Crippen LogP) is 7.56. The van der Waals surface area contributed by atoms with Crippen LogP contribution in [0.25, 0.3) is 55.1 Å². The number of benzene rings is 4. The number of hydrogen-bond acceptors (Lipinski definition) is 10. The fourth-order valence-corrected chi connectivity index (χ4v) is 10.6. The lowest BCUT2D eigenvalue weighted by molar-refractivity contribution is -0.137. The summed E-state index contributed by atoms with van der Waals surface area (Å²) in [6.07, 6.45) is 4.78. The van der Waals surface area contributed by atoms with Crippen molar-refractivity contribution in [3.05, 3.63) is 84.4 Å². The highest BCUT2D eigenvalue weighted by Crippen LogP contribution is 2.37. The molecule has 16 heteroatoms. The molecular weight excluding hydrogens is 841 g/mol. The van der Waals surface area contributed by atoms with E-state index in [4.69, 9.17) is 28.9 Å². The molecule has 0 bridgehead atoms. The molecule has 0 aliphatic carbocycles. The number of rotatable bonds is 10. The maximum atomic E-state index is 14.1. The molecule has 2 aromatic heterocycles. The summed E-state index contributed by atoms with van der Waals surface area (Å²) in [7, 11) is 2.63. The number of aromatic amines is 2. The highest BCUT2D eigenvalue weighted by atomic mass is 16.5. The number of carbonyl (C=O) groups excluding carboxylic acids is 4. The van der Waals surface area contributed by atoms with E-state index in [2.05, 4.69) is 81.3 Å².